The van der Waals surface area contributed by atoms with Crippen molar-refractivity contribution in [1.29, 1.82) is 0 Å². The van der Waals surface area contributed by atoms with Gasteiger partial charge in [-0.1, -0.05) is 30.5 Å². The molecular formula is C19H26N2O5S. The zero-order valence-electron chi connectivity index (χ0n) is 15.5. The molecular weight excluding hydrogens is 368 g/mol. The molecule has 1 saturated carbocycles. The van der Waals surface area contributed by atoms with Gasteiger partial charge in [-0.05, 0) is 31.9 Å². The summed E-state index contributed by atoms with van der Waals surface area (Å²) in [5.74, 6) is -2.17. The third-order valence-corrected chi connectivity index (χ3v) is 7.52. The van der Waals surface area contributed by atoms with Gasteiger partial charge in [0.1, 0.15) is 0 Å². The normalized spacial score (nSPS) is 24.6. The van der Waals surface area contributed by atoms with Crippen LogP contribution in [0.1, 0.15) is 31.2 Å². The van der Waals surface area contributed by atoms with E-state index in [0.29, 0.717) is 25.9 Å². The molecule has 8 heteroatoms. The highest BCUT2D eigenvalue weighted by atomic mass is 32.2. The maximum atomic E-state index is 12.8. The molecule has 1 aromatic carbocycles. The largest absolute Gasteiger partial charge is 0.481 e. The van der Waals surface area contributed by atoms with Crippen LogP contribution in [0, 0.1) is 18.8 Å². The number of hydrogen-bond donors (Lipinski definition) is 1. The van der Waals surface area contributed by atoms with Crippen LogP contribution in [0.15, 0.2) is 29.2 Å². The van der Waals surface area contributed by atoms with E-state index in [1.54, 1.807) is 29.2 Å². The van der Waals surface area contributed by atoms with Crippen LogP contribution in [-0.4, -0.2) is 60.8 Å². The minimum atomic E-state index is -3.58. The van der Waals surface area contributed by atoms with Crippen molar-refractivity contribution in [3.63, 3.8) is 0 Å². The summed E-state index contributed by atoms with van der Waals surface area (Å²) < 4.78 is 26.9. The quantitative estimate of drug-likeness (QED) is 0.839. The Hall–Kier alpha value is -1.93. The van der Waals surface area contributed by atoms with Gasteiger partial charge in [0.2, 0.25) is 15.9 Å². The molecule has 1 N–H and O–H groups in total. The monoisotopic (exact) mass is 394 g/mol. The van der Waals surface area contributed by atoms with Gasteiger partial charge in [0, 0.05) is 26.2 Å². The first kappa shape index (κ1) is 19.8. The highest BCUT2D eigenvalue weighted by Gasteiger charge is 2.39. The zero-order valence-corrected chi connectivity index (χ0v) is 16.3. The van der Waals surface area contributed by atoms with Crippen molar-refractivity contribution in [1.82, 2.24) is 9.21 Å². The molecule has 0 spiro atoms. The van der Waals surface area contributed by atoms with Gasteiger partial charge in [0.25, 0.3) is 0 Å². The number of carbonyl (C=O) groups is 2. The fourth-order valence-corrected chi connectivity index (χ4v) is 5.39. The summed E-state index contributed by atoms with van der Waals surface area (Å²) in [6.45, 7) is 2.95. The van der Waals surface area contributed by atoms with Gasteiger partial charge in [-0.2, -0.15) is 4.31 Å². The van der Waals surface area contributed by atoms with Gasteiger partial charge in [0.05, 0.1) is 16.7 Å². The Morgan fingerprint density at radius 2 is 1.52 bits per heavy atom. The van der Waals surface area contributed by atoms with Crippen molar-refractivity contribution in [3.05, 3.63) is 29.8 Å². The van der Waals surface area contributed by atoms with Crippen molar-refractivity contribution in [2.75, 3.05) is 26.2 Å². The molecule has 1 amide bonds. The number of hydrogen-bond acceptors (Lipinski definition) is 4. The summed E-state index contributed by atoms with van der Waals surface area (Å²) >= 11 is 0. The lowest BCUT2D eigenvalue weighted by atomic mass is 9.78. The number of sulfonamides is 1. The molecule has 1 aliphatic heterocycles. The van der Waals surface area contributed by atoms with E-state index in [9.17, 15) is 23.1 Å². The molecule has 27 heavy (non-hydrogen) atoms. The second-order valence-corrected chi connectivity index (χ2v) is 9.32. The highest BCUT2D eigenvalue weighted by molar-refractivity contribution is 7.89. The lowest BCUT2D eigenvalue weighted by Crippen LogP contribution is -2.53. The standard InChI is InChI=1S/C19H26N2O5S/c1-14-6-8-15(9-7-14)27(25,26)21-12-10-20(11-13-21)18(22)16-4-2-3-5-17(16)19(23)24/h6-9,16-17H,2-5,10-13H2,1H3,(H,23,24)/t16-,17+/m1/s1. The summed E-state index contributed by atoms with van der Waals surface area (Å²) in [7, 11) is -3.58. The van der Waals surface area contributed by atoms with Crippen LogP contribution >= 0.6 is 0 Å². The van der Waals surface area contributed by atoms with Crippen LogP contribution in [0.2, 0.25) is 0 Å². The number of aliphatic carboxylic acids is 1. The SMILES string of the molecule is Cc1ccc(S(=O)(=O)N2CCN(C(=O)[C@@H]3CCCC[C@@H]3C(=O)O)CC2)cc1. The molecule has 0 unspecified atom stereocenters. The predicted octanol–water partition coefficient (Wildman–Crippen LogP) is 1.72. The zero-order chi connectivity index (χ0) is 19.6. The smallest absolute Gasteiger partial charge is 0.307 e. The van der Waals surface area contributed by atoms with Crippen LogP contribution < -0.4 is 0 Å². The molecule has 0 radical (unpaired) electrons. The molecule has 2 atom stereocenters. The summed E-state index contributed by atoms with van der Waals surface area (Å²) in [4.78, 5) is 26.2. The molecule has 7 nitrogen and oxygen atoms in total. The Bertz CT molecular complexity index is 798. The van der Waals surface area contributed by atoms with E-state index < -0.39 is 27.8 Å². The Morgan fingerprint density at radius 1 is 0.963 bits per heavy atom. The van der Waals surface area contributed by atoms with Gasteiger partial charge in [-0.3, -0.25) is 9.59 Å². The summed E-state index contributed by atoms with van der Waals surface area (Å²) in [6, 6.07) is 6.73. The number of aryl methyl sites for hydroxylation is 1. The minimum absolute atomic E-state index is 0.144. The molecule has 2 fully saturated rings. The molecule has 148 valence electrons. The summed E-state index contributed by atoms with van der Waals surface area (Å²) in [5, 5.41) is 9.39. The van der Waals surface area contributed by atoms with Crippen molar-refractivity contribution in [2.45, 2.75) is 37.5 Å². The number of amides is 1. The average molecular weight is 394 g/mol. The molecule has 3 rings (SSSR count). The van der Waals surface area contributed by atoms with Crippen LogP contribution in [0.25, 0.3) is 0 Å². The first-order valence-electron chi connectivity index (χ1n) is 9.39. The third kappa shape index (κ3) is 4.16. The molecule has 1 heterocycles. The first-order chi connectivity index (χ1) is 12.8. The number of nitrogens with zero attached hydrogens (tertiary/aromatic N) is 2. The second kappa shape index (κ2) is 7.98. The lowest BCUT2D eigenvalue weighted by Gasteiger charge is -2.38. The van der Waals surface area contributed by atoms with Gasteiger partial charge in [-0.15, -0.1) is 0 Å². The van der Waals surface area contributed by atoms with Crippen LogP contribution in [-0.2, 0) is 19.6 Å². The third-order valence-electron chi connectivity index (χ3n) is 5.61. The Balaban J connectivity index is 1.65. The van der Waals surface area contributed by atoms with E-state index in [1.165, 1.54) is 4.31 Å². The molecule has 2 aliphatic rings. The van der Waals surface area contributed by atoms with E-state index in [-0.39, 0.29) is 23.9 Å². The van der Waals surface area contributed by atoms with E-state index >= 15 is 0 Å². The first-order valence-corrected chi connectivity index (χ1v) is 10.8. The predicted molar refractivity (Wildman–Crippen MR) is 99.6 cm³/mol. The number of carbonyl (C=O) groups excluding carboxylic acids is 1. The van der Waals surface area contributed by atoms with Crippen LogP contribution in [0.4, 0.5) is 0 Å². The lowest BCUT2D eigenvalue weighted by molar-refractivity contribution is -0.152. The fraction of sp³-hybridized carbons (Fsp3) is 0.579. The number of carboxylic acid groups (broad SMARTS) is 1. The molecule has 1 saturated heterocycles. The number of benzene rings is 1. The maximum absolute atomic E-state index is 12.8. The van der Waals surface area contributed by atoms with E-state index in [0.717, 1.165) is 18.4 Å². The minimum Gasteiger partial charge on any atom is -0.481 e. The van der Waals surface area contributed by atoms with Crippen molar-refractivity contribution >= 4 is 21.9 Å². The van der Waals surface area contributed by atoms with Gasteiger partial charge in [0.15, 0.2) is 0 Å². The summed E-state index contributed by atoms with van der Waals surface area (Å²) in [6.07, 6.45) is 2.83. The van der Waals surface area contributed by atoms with Crippen molar-refractivity contribution in [2.24, 2.45) is 11.8 Å². The maximum Gasteiger partial charge on any atom is 0.307 e. The number of rotatable bonds is 4. The molecule has 0 bridgehead atoms. The fourth-order valence-electron chi connectivity index (χ4n) is 3.96. The van der Waals surface area contributed by atoms with Crippen molar-refractivity contribution < 1.29 is 23.1 Å². The van der Waals surface area contributed by atoms with E-state index in [1.807, 2.05) is 6.92 Å². The Morgan fingerprint density at radius 3 is 2.07 bits per heavy atom. The van der Waals surface area contributed by atoms with Gasteiger partial charge < -0.3 is 10.0 Å². The van der Waals surface area contributed by atoms with Crippen molar-refractivity contribution in [3.8, 4) is 0 Å². The van der Waals surface area contributed by atoms with Crippen LogP contribution in [0.5, 0.6) is 0 Å². The van der Waals surface area contributed by atoms with E-state index in [4.69, 9.17) is 0 Å². The van der Waals surface area contributed by atoms with E-state index in [2.05, 4.69) is 0 Å². The molecule has 1 aliphatic carbocycles. The van der Waals surface area contributed by atoms with Crippen LogP contribution in [0.3, 0.4) is 0 Å². The average Bonchev–Trinajstić information content (AvgIpc) is 2.68. The molecule has 1 aromatic rings. The number of carboxylic acids is 1. The highest BCUT2D eigenvalue weighted by Crippen LogP contribution is 2.32. The number of piperazine rings is 1. The summed E-state index contributed by atoms with van der Waals surface area (Å²) in [5.41, 5.74) is 0.991. The second-order valence-electron chi connectivity index (χ2n) is 7.38. The topological polar surface area (TPSA) is 95.0 Å². The Labute approximate surface area is 160 Å². The molecule has 0 aromatic heterocycles. The van der Waals surface area contributed by atoms with Gasteiger partial charge in [-0.25, -0.2) is 8.42 Å². The Kier molecular flexibility index (Phi) is 5.86. The van der Waals surface area contributed by atoms with Gasteiger partial charge >= 0.3 is 5.97 Å².